The van der Waals surface area contributed by atoms with Crippen molar-refractivity contribution < 1.29 is 4.79 Å². The first kappa shape index (κ1) is 14.6. The fourth-order valence-electron chi connectivity index (χ4n) is 2.22. The molecule has 1 aliphatic rings. The van der Waals surface area contributed by atoms with Gasteiger partial charge in [-0.3, -0.25) is 4.79 Å². The molecule has 2 aromatic rings. The Morgan fingerprint density at radius 1 is 1.23 bits per heavy atom. The van der Waals surface area contributed by atoms with E-state index in [1.54, 1.807) is 6.92 Å². The van der Waals surface area contributed by atoms with Gasteiger partial charge in [-0.25, -0.2) is 9.97 Å². The summed E-state index contributed by atoms with van der Waals surface area (Å²) in [5.74, 6) is 1.81. The van der Waals surface area contributed by atoms with Gasteiger partial charge in [0, 0.05) is 0 Å². The minimum absolute atomic E-state index is 0.0913. The zero-order chi connectivity index (χ0) is 15.9. The summed E-state index contributed by atoms with van der Waals surface area (Å²) in [4.78, 5) is 20.9. The number of fused-ring (bicyclic) bond motifs is 1. The van der Waals surface area contributed by atoms with Crippen LogP contribution in [0.4, 0.5) is 22.5 Å². The van der Waals surface area contributed by atoms with Gasteiger partial charge in [-0.1, -0.05) is 25.2 Å². The van der Waals surface area contributed by atoms with Gasteiger partial charge in [0.1, 0.15) is 22.6 Å². The van der Waals surface area contributed by atoms with Crippen LogP contribution in [0.5, 0.6) is 0 Å². The van der Waals surface area contributed by atoms with E-state index in [0.717, 1.165) is 5.01 Å². The Balaban J connectivity index is 1.97. The van der Waals surface area contributed by atoms with Crippen LogP contribution in [0.2, 0.25) is 0 Å². The van der Waals surface area contributed by atoms with Gasteiger partial charge in [-0.2, -0.15) is 0 Å². The molecule has 1 amide bonds. The molecular formula is C13H17N7OS. The quantitative estimate of drug-likeness (QED) is 0.795. The minimum Gasteiger partial charge on any atom is -0.356 e. The summed E-state index contributed by atoms with van der Waals surface area (Å²) in [6, 6.07) is -0.307. The van der Waals surface area contributed by atoms with Crippen LogP contribution < -0.4 is 16.0 Å². The molecule has 1 atom stereocenters. The molecule has 1 aliphatic heterocycles. The van der Waals surface area contributed by atoms with Gasteiger partial charge in [0.25, 0.3) is 0 Å². The van der Waals surface area contributed by atoms with Crippen molar-refractivity contribution in [3.05, 3.63) is 10.8 Å². The Labute approximate surface area is 131 Å². The summed E-state index contributed by atoms with van der Waals surface area (Å²) in [7, 11) is 0. The highest BCUT2D eigenvalue weighted by Gasteiger charge is 2.31. The van der Waals surface area contributed by atoms with E-state index in [4.69, 9.17) is 0 Å². The van der Waals surface area contributed by atoms with Gasteiger partial charge in [0.15, 0.2) is 11.6 Å². The molecule has 0 bridgehead atoms. The van der Waals surface area contributed by atoms with Gasteiger partial charge in [-0.15, -0.1) is 10.2 Å². The number of rotatable bonds is 3. The first-order chi connectivity index (χ1) is 10.4. The molecule has 3 heterocycles. The average Bonchev–Trinajstić information content (AvgIpc) is 2.84. The molecule has 0 radical (unpaired) electrons. The smallest absolute Gasteiger partial charge is 0.247 e. The molecule has 22 heavy (non-hydrogen) atoms. The minimum atomic E-state index is -0.307. The van der Waals surface area contributed by atoms with E-state index < -0.39 is 0 Å². The van der Waals surface area contributed by atoms with Crippen molar-refractivity contribution in [2.75, 3.05) is 16.0 Å². The Morgan fingerprint density at radius 3 is 2.64 bits per heavy atom. The maximum Gasteiger partial charge on any atom is 0.247 e. The molecule has 0 saturated carbocycles. The van der Waals surface area contributed by atoms with E-state index in [0.29, 0.717) is 28.3 Å². The van der Waals surface area contributed by atoms with Gasteiger partial charge < -0.3 is 16.0 Å². The lowest BCUT2D eigenvalue weighted by atomic mass is 10.0. The molecule has 116 valence electrons. The lowest BCUT2D eigenvalue weighted by Gasteiger charge is -2.29. The summed E-state index contributed by atoms with van der Waals surface area (Å²) < 4.78 is 0. The largest absolute Gasteiger partial charge is 0.356 e. The highest BCUT2D eigenvalue weighted by molar-refractivity contribution is 7.15. The maximum atomic E-state index is 12.2. The van der Waals surface area contributed by atoms with Crippen molar-refractivity contribution in [2.45, 2.75) is 33.7 Å². The van der Waals surface area contributed by atoms with E-state index in [1.807, 2.05) is 20.8 Å². The SMILES string of the molecule is Cc1nc(Nc2nnc(C)s2)c2c(n1)NC(C(C)C)C(=O)N2. The van der Waals surface area contributed by atoms with Crippen molar-refractivity contribution >= 4 is 39.7 Å². The fourth-order valence-corrected chi connectivity index (χ4v) is 2.81. The van der Waals surface area contributed by atoms with Crippen LogP contribution in [0, 0.1) is 19.8 Å². The Morgan fingerprint density at radius 2 is 2.00 bits per heavy atom. The number of carbonyl (C=O) groups excluding carboxylic acids is 1. The summed E-state index contributed by atoms with van der Waals surface area (Å²) in [6.45, 7) is 7.65. The van der Waals surface area contributed by atoms with E-state index >= 15 is 0 Å². The number of hydrogen-bond acceptors (Lipinski definition) is 8. The molecule has 2 aromatic heterocycles. The predicted octanol–water partition coefficient (Wildman–Crippen LogP) is 2.08. The number of hydrogen-bond donors (Lipinski definition) is 3. The monoisotopic (exact) mass is 319 g/mol. The second-order valence-corrected chi connectivity index (χ2v) is 6.63. The maximum absolute atomic E-state index is 12.2. The van der Waals surface area contributed by atoms with Crippen LogP contribution in [0.1, 0.15) is 24.7 Å². The van der Waals surface area contributed by atoms with Crippen molar-refractivity contribution in [1.82, 2.24) is 20.2 Å². The molecule has 1 unspecified atom stereocenters. The van der Waals surface area contributed by atoms with Gasteiger partial charge in [0.2, 0.25) is 11.0 Å². The number of nitrogens with zero attached hydrogens (tertiary/aromatic N) is 4. The van der Waals surface area contributed by atoms with E-state index in [1.165, 1.54) is 11.3 Å². The molecule has 3 N–H and O–H groups in total. The van der Waals surface area contributed by atoms with E-state index in [-0.39, 0.29) is 17.9 Å². The van der Waals surface area contributed by atoms with Gasteiger partial charge >= 0.3 is 0 Å². The Kier molecular flexibility index (Phi) is 3.65. The van der Waals surface area contributed by atoms with Crippen molar-refractivity contribution in [2.24, 2.45) is 5.92 Å². The molecule has 0 saturated heterocycles. The molecular weight excluding hydrogens is 302 g/mol. The Bertz CT molecular complexity index is 727. The first-order valence-electron chi connectivity index (χ1n) is 6.97. The third-order valence-corrected chi connectivity index (χ3v) is 4.02. The molecule has 0 aromatic carbocycles. The topological polar surface area (TPSA) is 105 Å². The van der Waals surface area contributed by atoms with Crippen LogP contribution in [-0.4, -0.2) is 32.1 Å². The summed E-state index contributed by atoms with van der Waals surface area (Å²) in [5.41, 5.74) is 0.542. The van der Waals surface area contributed by atoms with Crippen LogP contribution in [-0.2, 0) is 4.79 Å². The first-order valence-corrected chi connectivity index (χ1v) is 7.79. The molecule has 0 aliphatic carbocycles. The molecule has 3 rings (SSSR count). The molecule has 9 heteroatoms. The number of aryl methyl sites for hydroxylation is 2. The van der Waals surface area contributed by atoms with Crippen LogP contribution >= 0.6 is 11.3 Å². The second kappa shape index (κ2) is 5.48. The predicted molar refractivity (Wildman–Crippen MR) is 85.6 cm³/mol. The summed E-state index contributed by atoms with van der Waals surface area (Å²) >= 11 is 1.42. The number of carbonyl (C=O) groups is 1. The Hall–Kier alpha value is -2.29. The summed E-state index contributed by atoms with van der Waals surface area (Å²) in [6.07, 6.45) is 0. The fraction of sp³-hybridized carbons (Fsp3) is 0.462. The van der Waals surface area contributed by atoms with E-state index in [2.05, 4.69) is 36.1 Å². The van der Waals surface area contributed by atoms with Crippen LogP contribution in [0.15, 0.2) is 0 Å². The normalized spacial score (nSPS) is 17.0. The van der Waals surface area contributed by atoms with Crippen molar-refractivity contribution in [1.29, 1.82) is 0 Å². The average molecular weight is 319 g/mol. The number of anilines is 4. The van der Waals surface area contributed by atoms with Gasteiger partial charge in [0.05, 0.1) is 0 Å². The number of aromatic nitrogens is 4. The third-order valence-electron chi connectivity index (χ3n) is 3.26. The van der Waals surface area contributed by atoms with Crippen molar-refractivity contribution in [3.63, 3.8) is 0 Å². The summed E-state index contributed by atoms with van der Waals surface area (Å²) in [5, 5.41) is 18.6. The van der Waals surface area contributed by atoms with Crippen molar-refractivity contribution in [3.8, 4) is 0 Å². The molecule has 0 spiro atoms. The second-order valence-electron chi connectivity index (χ2n) is 5.45. The zero-order valence-electron chi connectivity index (χ0n) is 12.8. The van der Waals surface area contributed by atoms with Crippen LogP contribution in [0.3, 0.4) is 0 Å². The lowest BCUT2D eigenvalue weighted by Crippen LogP contribution is -2.43. The molecule has 8 nitrogen and oxygen atoms in total. The zero-order valence-corrected chi connectivity index (χ0v) is 13.6. The van der Waals surface area contributed by atoms with Gasteiger partial charge in [-0.05, 0) is 19.8 Å². The highest BCUT2D eigenvalue weighted by atomic mass is 32.1. The third kappa shape index (κ3) is 2.71. The number of amides is 1. The highest BCUT2D eigenvalue weighted by Crippen LogP contribution is 2.34. The lowest BCUT2D eigenvalue weighted by molar-refractivity contribution is -0.117. The standard InChI is InChI=1S/C13H17N7OS/c1-5(2)8-12(21)17-9-10(16-8)14-6(3)15-11(9)18-13-20-19-7(4)22-13/h5,8H,1-4H3,(H,17,21)(H2,14,15,16,18,20). The van der Waals surface area contributed by atoms with Crippen LogP contribution in [0.25, 0.3) is 0 Å². The molecule has 0 fully saturated rings. The number of nitrogens with one attached hydrogen (secondary N) is 3. The van der Waals surface area contributed by atoms with E-state index in [9.17, 15) is 4.79 Å².